The molecule has 6 heteroatoms. The number of ether oxygens (including phenoxy) is 3. The summed E-state index contributed by atoms with van der Waals surface area (Å²) in [6.45, 7) is 0.858. The minimum Gasteiger partial charge on any atom is -0.491 e. The quantitative estimate of drug-likeness (QED) is 0.394. The lowest BCUT2D eigenvalue weighted by Gasteiger charge is -2.31. The monoisotopic (exact) mass is 479 g/mol. The van der Waals surface area contributed by atoms with Crippen LogP contribution in [-0.2, 0) is 10.2 Å². The van der Waals surface area contributed by atoms with Gasteiger partial charge in [0.2, 0.25) is 5.91 Å². The van der Waals surface area contributed by atoms with Crippen LogP contribution in [0.2, 0.25) is 0 Å². The third-order valence-corrected chi connectivity index (χ3v) is 7.30. The molecular formula is C30H22FNO4. The van der Waals surface area contributed by atoms with Crippen molar-refractivity contribution in [1.82, 2.24) is 0 Å². The van der Waals surface area contributed by atoms with Gasteiger partial charge >= 0.3 is 0 Å². The maximum absolute atomic E-state index is 15.7. The molecule has 0 saturated heterocycles. The number of fused-ring (bicyclic) bond motifs is 5. The van der Waals surface area contributed by atoms with Gasteiger partial charge in [0.05, 0.1) is 11.7 Å². The highest BCUT2D eigenvalue weighted by atomic mass is 19.1. The van der Waals surface area contributed by atoms with E-state index in [0.29, 0.717) is 47.3 Å². The molecule has 0 bridgehead atoms. The highest BCUT2D eigenvalue weighted by Gasteiger charge is 2.60. The summed E-state index contributed by atoms with van der Waals surface area (Å²) in [5.74, 6) is 0.959. The van der Waals surface area contributed by atoms with E-state index in [-0.39, 0.29) is 12.5 Å². The zero-order chi connectivity index (χ0) is 24.3. The van der Waals surface area contributed by atoms with Crippen LogP contribution in [0.4, 0.5) is 10.1 Å². The molecular weight excluding hydrogens is 457 g/mol. The van der Waals surface area contributed by atoms with Crippen LogP contribution in [0, 0.1) is 5.82 Å². The van der Waals surface area contributed by atoms with Crippen LogP contribution in [0.25, 0.3) is 0 Å². The highest BCUT2D eigenvalue weighted by molar-refractivity contribution is 6.12. The van der Waals surface area contributed by atoms with Crippen molar-refractivity contribution >= 4 is 11.6 Å². The number of halogens is 1. The second kappa shape index (κ2) is 7.85. The summed E-state index contributed by atoms with van der Waals surface area (Å²) in [5, 5.41) is 0. The standard InChI is InChI=1S/C30H22FNO4/c31-22-12-7-13-23-27(22)30(18-36-24-17-26-25(16-21(24)30)34-14-15-35-26)29(33)32(23)28(19-8-3-1-4-9-19)20-10-5-2-6-11-20/h1-13,16-17,28H,14-15,18H2. The fourth-order valence-corrected chi connectivity index (χ4v) is 5.75. The summed E-state index contributed by atoms with van der Waals surface area (Å²) in [6, 6.07) is 27.6. The van der Waals surface area contributed by atoms with E-state index in [9.17, 15) is 4.79 Å². The molecule has 1 spiro atoms. The van der Waals surface area contributed by atoms with Crippen molar-refractivity contribution in [3.8, 4) is 17.2 Å². The van der Waals surface area contributed by atoms with Gasteiger partial charge in [-0.15, -0.1) is 0 Å². The normalized spacial score (nSPS) is 19.4. The molecule has 0 aliphatic carbocycles. The highest BCUT2D eigenvalue weighted by Crippen LogP contribution is 2.57. The number of carbonyl (C=O) groups is 1. The molecule has 0 aromatic heterocycles. The Kier molecular flexibility index (Phi) is 4.58. The second-order valence-electron chi connectivity index (χ2n) is 9.22. The molecule has 4 aromatic carbocycles. The predicted molar refractivity (Wildman–Crippen MR) is 132 cm³/mol. The Hall–Kier alpha value is -4.32. The molecule has 7 rings (SSSR count). The van der Waals surface area contributed by atoms with Gasteiger partial charge in [-0.05, 0) is 29.3 Å². The Balaban J connectivity index is 1.47. The van der Waals surface area contributed by atoms with Crippen molar-refractivity contribution in [2.24, 2.45) is 0 Å². The maximum Gasteiger partial charge on any atom is 0.246 e. The number of hydrogen-bond donors (Lipinski definition) is 0. The lowest BCUT2D eigenvalue weighted by molar-refractivity contribution is -0.122. The third-order valence-electron chi connectivity index (χ3n) is 7.30. The molecule has 1 atom stereocenters. The molecule has 0 N–H and O–H groups in total. The van der Waals surface area contributed by atoms with Crippen molar-refractivity contribution in [3.05, 3.63) is 119 Å². The third kappa shape index (κ3) is 2.84. The summed E-state index contributed by atoms with van der Waals surface area (Å²) in [7, 11) is 0. The molecule has 5 nitrogen and oxygen atoms in total. The van der Waals surface area contributed by atoms with E-state index in [0.717, 1.165) is 11.1 Å². The van der Waals surface area contributed by atoms with Gasteiger partial charge in [-0.25, -0.2) is 4.39 Å². The topological polar surface area (TPSA) is 48.0 Å². The summed E-state index contributed by atoms with van der Waals surface area (Å²) >= 11 is 0. The number of amides is 1. The number of nitrogens with zero attached hydrogens (tertiary/aromatic N) is 1. The fourth-order valence-electron chi connectivity index (χ4n) is 5.75. The molecule has 3 aliphatic heterocycles. The van der Waals surface area contributed by atoms with Gasteiger partial charge in [0.1, 0.15) is 36.8 Å². The number of rotatable bonds is 3. The number of anilines is 1. The Morgan fingerprint density at radius 2 is 1.39 bits per heavy atom. The zero-order valence-corrected chi connectivity index (χ0v) is 19.3. The van der Waals surface area contributed by atoms with Crippen molar-refractivity contribution < 1.29 is 23.4 Å². The first-order chi connectivity index (χ1) is 17.7. The van der Waals surface area contributed by atoms with E-state index in [1.54, 1.807) is 23.1 Å². The first kappa shape index (κ1) is 21.0. The van der Waals surface area contributed by atoms with Gasteiger partial charge in [0.25, 0.3) is 0 Å². The lowest BCUT2D eigenvalue weighted by Crippen LogP contribution is -2.44. The molecule has 1 unspecified atom stereocenters. The van der Waals surface area contributed by atoms with E-state index in [4.69, 9.17) is 14.2 Å². The van der Waals surface area contributed by atoms with Crippen molar-refractivity contribution in [2.45, 2.75) is 11.5 Å². The van der Waals surface area contributed by atoms with Crippen LogP contribution in [0.1, 0.15) is 28.3 Å². The van der Waals surface area contributed by atoms with E-state index >= 15 is 4.39 Å². The van der Waals surface area contributed by atoms with Crippen LogP contribution in [0.5, 0.6) is 17.2 Å². The Bertz CT molecular complexity index is 1450. The summed E-state index contributed by atoms with van der Waals surface area (Å²) in [4.78, 5) is 16.4. The van der Waals surface area contributed by atoms with Gasteiger partial charge in [0.15, 0.2) is 11.5 Å². The molecule has 36 heavy (non-hydrogen) atoms. The van der Waals surface area contributed by atoms with Crippen LogP contribution >= 0.6 is 0 Å². The van der Waals surface area contributed by atoms with Crippen molar-refractivity contribution in [2.75, 3.05) is 24.7 Å². The fraction of sp³-hybridized carbons (Fsp3) is 0.167. The Morgan fingerprint density at radius 1 is 0.750 bits per heavy atom. The second-order valence-corrected chi connectivity index (χ2v) is 9.22. The molecule has 0 fully saturated rings. The van der Waals surface area contributed by atoms with Crippen LogP contribution in [0.15, 0.2) is 91.0 Å². The SMILES string of the molecule is O=C1N(C(c2ccccc2)c2ccccc2)c2cccc(F)c2C12COc1cc3c(cc12)OCCO3. The number of hydrogen-bond acceptors (Lipinski definition) is 4. The molecule has 0 saturated carbocycles. The minimum atomic E-state index is -1.33. The number of benzene rings is 4. The molecule has 3 heterocycles. The van der Waals surface area contributed by atoms with Gasteiger partial charge < -0.3 is 14.2 Å². The average Bonchev–Trinajstić information content (AvgIpc) is 3.41. The van der Waals surface area contributed by atoms with Gasteiger partial charge in [0, 0.05) is 17.2 Å². The maximum atomic E-state index is 15.7. The molecule has 1 amide bonds. The predicted octanol–water partition coefficient (Wildman–Crippen LogP) is 5.41. The van der Waals surface area contributed by atoms with Crippen molar-refractivity contribution in [3.63, 3.8) is 0 Å². The summed E-state index contributed by atoms with van der Waals surface area (Å²) in [5.41, 5.74) is 2.03. The van der Waals surface area contributed by atoms with Crippen LogP contribution in [-0.4, -0.2) is 25.7 Å². The summed E-state index contributed by atoms with van der Waals surface area (Å²) < 4.78 is 33.4. The lowest BCUT2D eigenvalue weighted by atomic mass is 9.76. The van der Waals surface area contributed by atoms with Crippen LogP contribution < -0.4 is 19.1 Å². The van der Waals surface area contributed by atoms with E-state index in [1.165, 1.54) is 6.07 Å². The first-order valence-corrected chi connectivity index (χ1v) is 12.0. The largest absolute Gasteiger partial charge is 0.491 e. The van der Waals surface area contributed by atoms with Gasteiger partial charge in [-0.1, -0.05) is 66.7 Å². The van der Waals surface area contributed by atoms with Crippen molar-refractivity contribution in [1.29, 1.82) is 0 Å². The molecule has 4 aromatic rings. The molecule has 0 radical (unpaired) electrons. The van der Waals surface area contributed by atoms with Crippen LogP contribution in [0.3, 0.4) is 0 Å². The Labute approximate surface area is 207 Å². The molecule has 3 aliphatic rings. The average molecular weight is 480 g/mol. The molecule has 178 valence electrons. The number of carbonyl (C=O) groups excluding carboxylic acids is 1. The first-order valence-electron chi connectivity index (χ1n) is 12.0. The summed E-state index contributed by atoms with van der Waals surface area (Å²) in [6.07, 6.45) is 0. The smallest absolute Gasteiger partial charge is 0.246 e. The minimum absolute atomic E-state index is 0.00475. The van der Waals surface area contributed by atoms with E-state index in [1.807, 2.05) is 66.7 Å². The van der Waals surface area contributed by atoms with Gasteiger partial charge in [-0.2, -0.15) is 0 Å². The zero-order valence-electron chi connectivity index (χ0n) is 19.3. The van der Waals surface area contributed by atoms with E-state index in [2.05, 4.69) is 0 Å². The van der Waals surface area contributed by atoms with E-state index < -0.39 is 17.3 Å². The van der Waals surface area contributed by atoms with Gasteiger partial charge in [-0.3, -0.25) is 9.69 Å². The Morgan fingerprint density at radius 3 is 2.06 bits per heavy atom.